The maximum absolute atomic E-state index is 11.0. The molecular weight excluding hydrogens is 322 g/mol. The maximum Gasteiger partial charge on any atom is 0.344 e. The van der Waals surface area contributed by atoms with Crippen molar-refractivity contribution in [3.8, 4) is 5.75 Å². The SMILES string of the molecule is CC(Oc1c([C@H](C)O)cc(Br)cc1[N+](=O)[O-])C(=O)O. The third kappa shape index (κ3) is 3.65. The summed E-state index contributed by atoms with van der Waals surface area (Å²) in [5.74, 6) is -1.49. The summed E-state index contributed by atoms with van der Waals surface area (Å²) in [5, 5.41) is 29.4. The Morgan fingerprint density at radius 3 is 2.47 bits per heavy atom. The molecule has 0 radical (unpaired) electrons. The van der Waals surface area contributed by atoms with Crippen molar-refractivity contribution in [2.75, 3.05) is 0 Å². The summed E-state index contributed by atoms with van der Waals surface area (Å²) < 4.78 is 5.49. The molecule has 1 unspecified atom stereocenters. The smallest absolute Gasteiger partial charge is 0.344 e. The van der Waals surface area contributed by atoms with Gasteiger partial charge in [-0.1, -0.05) is 15.9 Å². The molecule has 0 aliphatic heterocycles. The summed E-state index contributed by atoms with van der Waals surface area (Å²) in [7, 11) is 0. The van der Waals surface area contributed by atoms with Crippen molar-refractivity contribution in [2.24, 2.45) is 0 Å². The number of nitro groups is 1. The van der Waals surface area contributed by atoms with Crippen LogP contribution in [-0.2, 0) is 4.79 Å². The Labute approximate surface area is 117 Å². The predicted octanol–water partition coefficient (Wildman–Crippen LogP) is 2.26. The zero-order chi connectivity index (χ0) is 14.7. The lowest BCUT2D eigenvalue weighted by atomic mass is 10.1. The number of hydrogen-bond donors (Lipinski definition) is 2. The molecule has 0 aromatic heterocycles. The summed E-state index contributed by atoms with van der Waals surface area (Å²) in [5.41, 5.74) is -0.257. The van der Waals surface area contributed by atoms with Crippen LogP contribution >= 0.6 is 15.9 Å². The van der Waals surface area contributed by atoms with E-state index in [1.807, 2.05) is 0 Å². The topological polar surface area (TPSA) is 110 Å². The van der Waals surface area contributed by atoms with Crippen molar-refractivity contribution < 1.29 is 24.7 Å². The van der Waals surface area contributed by atoms with Gasteiger partial charge in [0.15, 0.2) is 6.10 Å². The molecule has 7 nitrogen and oxygen atoms in total. The van der Waals surface area contributed by atoms with E-state index in [9.17, 15) is 20.0 Å². The number of aliphatic hydroxyl groups excluding tert-OH is 1. The molecule has 19 heavy (non-hydrogen) atoms. The zero-order valence-electron chi connectivity index (χ0n) is 10.2. The van der Waals surface area contributed by atoms with E-state index in [1.165, 1.54) is 26.0 Å². The first-order valence-electron chi connectivity index (χ1n) is 5.29. The molecule has 2 N–H and O–H groups in total. The van der Waals surface area contributed by atoms with Crippen LogP contribution in [-0.4, -0.2) is 27.2 Å². The van der Waals surface area contributed by atoms with Crippen LogP contribution < -0.4 is 4.74 Å². The van der Waals surface area contributed by atoms with Crippen molar-refractivity contribution in [1.29, 1.82) is 0 Å². The van der Waals surface area contributed by atoms with Gasteiger partial charge in [0.05, 0.1) is 11.0 Å². The molecule has 0 saturated heterocycles. The fourth-order valence-electron chi connectivity index (χ4n) is 1.40. The Balaban J connectivity index is 3.39. The van der Waals surface area contributed by atoms with Crippen LogP contribution in [0.5, 0.6) is 5.75 Å². The number of nitrogens with zero attached hydrogens (tertiary/aromatic N) is 1. The molecule has 1 aromatic carbocycles. The van der Waals surface area contributed by atoms with Gasteiger partial charge in [-0.05, 0) is 19.9 Å². The van der Waals surface area contributed by atoms with Crippen LogP contribution in [0.1, 0.15) is 25.5 Å². The lowest BCUT2D eigenvalue weighted by molar-refractivity contribution is -0.386. The van der Waals surface area contributed by atoms with Gasteiger partial charge < -0.3 is 14.9 Å². The molecule has 0 bridgehead atoms. The van der Waals surface area contributed by atoms with Crippen LogP contribution in [0.15, 0.2) is 16.6 Å². The van der Waals surface area contributed by atoms with E-state index in [1.54, 1.807) is 0 Å². The molecular formula is C11H12BrNO6. The van der Waals surface area contributed by atoms with Gasteiger partial charge in [0, 0.05) is 16.1 Å². The molecule has 0 heterocycles. The van der Waals surface area contributed by atoms with Crippen molar-refractivity contribution >= 4 is 27.6 Å². The molecule has 0 aliphatic carbocycles. The van der Waals surface area contributed by atoms with E-state index >= 15 is 0 Å². The number of nitro benzene ring substituents is 1. The second-order valence-electron chi connectivity index (χ2n) is 3.87. The Morgan fingerprint density at radius 2 is 2.05 bits per heavy atom. The molecule has 0 amide bonds. The average molecular weight is 334 g/mol. The van der Waals surface area contributed by atoms with Crippen LogP contribution in [0.25, 0.3) is 0 Å². The Morgan fingerprint density at radius 1 is 1.47 bits per heavy atom. The lowest BCUT2D eigenvalue weighted by Gasteiger charge is -2.16. The fourth-order valence-corrected chi connectivity index (χ4v) is 1.86. The molecule has 0 aliphatic rings. The second kappa shape index (κ2) is 5.98. The van der Waals surface area contributed by atoms with Gasteiger partial charge in [-0.3, -0.25) is 10.1 Å². The summed E-state index contributed by atoms with van der Waals surface area (Å²) in [4.78, 5) is 21.0. The molecule has 1 rings (SSSR count). The highest BCUT2D eigenvalue weighted by Gasteiger charge is 2.26. The fraction of sp³-hybridized carbons (Fsp3) is 0.364. The number of rotatable bonds is 5. The van der Waals surface area contributed by atoms with Crippen molar-refractivity contribution in [3.63, 3.8) is 0 Å². The predicted molar refractivity (Wildman–Crippen MR) is 69.2 cm³/mol. The van der Waals surface area contributed by atoms with Crippen molar-refractivity contribution in [1.82, 2.24) is 0 Å². The number of carbonyl (C=O) groups is 1. The standard InChI is InChI=1S/C11H12BrNO6/c1-5(14)8-3-7(12)4-9(13(17)18)10(8)19-6(2)11(15)16/h3-6,14H,1-2H3,(H,15,16)/t5-,6?/m0/s1. The average Bonchev–Trinajstić information content (AvgIpc) is 2.29. The number of aliphatic hydroxyl groups is 1. The number of aliphatic carboxylic acids is 1. The molecule has 8 heteroatoms. The van der Waals surface area contributed by atoms with E-state index < -0.39 is 28.8 Å². The Hall–Kier alpha value is -1.67. The highest BCUT2D eigenvalue weighted by molar-refractivity contribution is 9.10. The van der Waals surface area contributed by atoms with E-state index in [0.717, 1.165) is 0 Å². The van der Waals surface area contributed by atoms with Gasteiger partial charge in [0.25, 0.3) is 0 Å². The third-order valence-corrected chi connectivity index (χ3v) is 2.81. The number of ether oxygens (including phenoxy) is 1. The molecule has 0 saturated carbocycles. The third-order valence-electron chi connectivity index (χ3n) is 2.35. The van der Waals surface area contributed by atoms with Crippen LogP contribution in [0, 0.1) is 10.1 Å². The number of halogens is 1. The van der Waals surface area contributed by atoms with E-state index in [-0.39, 0.29) is 11.3 Å². The van der Waals surface area contributed by atoms with E-state index in [4.69, 9.17) is 9.84 Å². The Kier molecular flexibility index (Phi) is 4.84. The highest BCUT2D eigenvalue weighted by Crippen LogP contribution is 2.38. The summed E-state index contributed by atoms with van der Waals surface area (Å²) >= 11 is 3.09. The van der Waals surface area contributed by atoms with Crippen molar-refractivity contribution in [2.45, 2.75) is 26.1 Å². The molecule has 0 spiro atoms. The monoisotopic (exact) mass is 333 g/mol. The van der Waals surface area contributed by atoms with E-state index in [0.29, 0.717) is 4.47 Å². The molecule has 104 valence electrons. The summed E-state index contributed by atoms with van der Waals surface area (Å²) in [6.45, 7) is 2.66. The van der Waals surface area contributed by atoms with Crippen LogP contribution in [0.3, 0.4) is 0 Å². The van der Waals surface area contributed by atoms with Crippen LogP contribution in [0.4, 0.5) is 5.69 Å². The number of benzene rings is 1. The summed E-state index contributed by atoms with van der Waals surface area (Å²) in [6, 6.07) is 2.64. The summed E-state index contributed by atoms with van der Waals surface area (Å²) in [6.07, 6.45) is -2.30. The van der Waals surface area contributed by atoms with E-state index in [2.05, 4.69) is 15.9 Å². The molecule has 2 atom stereocenters. The quantitative estimate of drug-likeness (QED) is 0.631. The number of hydrogen-bond acceptors (Lipinski definition) is 5. The Bertz CT molecular complexity index is 516. The largest absolute Gasteiger partial charge is 0.479 e. The number of carboxylic acid groups (broad SMARTS) is 1. The van der Waals surface area contributed by atoms with Gasteiger partial charge in [-0.25, -0.2) is 4.79 Å². The van der Waals surface area contributed by atoms with Gasteiger partial charge >= 0.3 is 11.7 Å². The van der Waals surface area contributed by atoms with Crippen molar-refractivity contribution in [3.05, 3.63) is 32.3 Å². The normalized spacial score (nSPS) is 13.7. The van der Waals surface area contributed by atoms with Gasteiger partial charge in [-0.2, -0.15) is 0 Å². The minimum absolute atomic E-state index is 0.147. The zero-order valence-corrected chi connectivity index (χ0v) is 11.7. The molecule has 0 fully saturated rings. The van der Waals surface area contributed by atoms with Gasteiger partial charge in [0.1, 0.15) is 0 Å². The minimum atomic E-state index is -1.27. The maximum atomic E-state index is 11.0. The van der Waals surface area contributed by atoms with Gasteiger partial charge in [-0.15, -0.1) is 0 Å². The number of carboxylic acids is 1. The van der Waals surface area contributed by atoms with Crippen LogP contribution in [0.2, 0.25) is 0 Å². The first-order valence-corrected chi connectivity index (χ1v) is 6.08. The first kappa shape index (κ1) is 15.4. The lowest BCUT2D eigenvalue weighted by Crippen LogP contribution is -2.24. The second-order valence-corrected chi connectivity index (χ2v) is 4.79. The molecule has 1 aromatic rings. The first-order chi connectivity index (χ1) is 8.73. The highest BCUT2D eigenvalue weighted by atomic mass is 79.9. The minimum Gasteiger partial charge on any atom is -0.479 e. The van der Waals surface area contributed by atoms with Gasteiger partial charge in [0.2, 0.25) is 5.75 Å².